The fourth-order valence-electron chi connectivity index (χ4n) is 4.13. The summed E-state index contributed by atoms with van der Waals surface area (Å²) in [7, 11) is 6.15. The van der Waals surface area contributed by atoms with Crippen molar-refractivity contribution < 1.29 is 23.7 Å². The molecule has 2 N–H and O–H groups in total. The molecule has 4 rings (SSSR count). The van der Waals surface area contributed by atoms with Gasteiger partial charge >= 0.3 is 5.97 Å². The van der Waals surface area contributed by atoms with Gasteiger partial charge in [0.2, 0.25) is 5.75 Å². The van der Waals surface area contributed by atoms with Crippen molar-refractivity contribution in [2.45, 2.75) is 18.5 Å². The Morgan fingerprint density at radius 2 is 1.72 bits per heavy atom. The van der Waals surface area contributed by atoms with Crippen LogP contribution in [0, 0.1) is 0 Å². The second-order valence-corrected chi connectivity index (χ2v) is 6.87. The molecule has 0 bridgehead atoms. The van der Waals surface area contributed by atoms with Crippen LogP contribution >= 0.6 is 0 Å². The highest BCUT2D eigenvalue weighted by Crippen LogP contribution is 2.45. The van der Waals surface area contributed by atoms with E-state index >= 15 is 0 Å². The maximum absolute atomic E-state index is 12.4. The number of hydrogen-bond donors (Lipinski definition) is 2. The van der Waals surface area contributed by atoms with Gasteiger partial charge in [0, 0.05) is 28.6 Å². The number of para-hydroxylation sites is 1. The molecule has 2 atom stereocenters. The number of nitrogens with one attached hydrogen (secondary N) is 2. The summed E-state index contributed by atoms with van der Waals surface area (Å²) in [5.41, 5.74) is 3.95. The summed E-state index contributed by atoms with van der Waals surface area (Å²) in [5.74, 6) is 1.34. The van der Waals surface area contributed by atoms with Crippen LogP contribution in [0.3, 0.4) is 0 Å². The molecule has 1 aliphatic rings. The van der Waals surface area contributed by atoms with Crippen LogP contribution in [0.4, 0.5) is 0 Å². The summed E-state index contributed by atoms with van der Waals surface area (Å²) in [5, 5.41) is 4.52. The predicted molar refractivity (Wildman–Crippen MR) is 109 cm³/mol. The molecule has 7 nitrogen and oxygen atoms in total. The van der Waals surface area contributed by atoms with Gasteiger partial charge in [0.15, 0.2) is 11.5 Å². The van der Waals surface area contributed by atoms with E-state index in [4.69, 9.17) is 18.9 Å². The number of methoxy groups -OCH3 is 4. The number of carbonyl (C=O) groups is 1. The minimum absolute atomic E-state index is 0.301. The second-order valence-electron chi connectivity index (χ2n) is 6.87. The average molecular weight is 396 g/mol. The number of carbonyl (C=O) groups excluding carboxylic acids is 1. The largest absolute Gasteiger partial charge is 0.493 e. The van der Waals surface area contributed by atoms with Crippen molar-refractivity contribution in [3.63, 3.8) is 0 Å². The summed E-state index contributed by atoms with van der Waals surface area (Å²) in [6.07, 6.45) is 0.540. The molecule has 29 heavy (non-hydrogen) atoms. The molecule has 0 fully saturated rings. The summed E-state index contributed by atoms with van der Waals surface area (Å²) in [6.45, 7) is 0. The first-order valence-electron chi connectivity index (χ1n) is 9.35. The molecular formula is C22H24N2O5. The van der Waals surface area contributed by atoms with E-state index in [1.54, 1.807) is 21.3 Å². The topological polar surface area (TPSA) is 81.8 Å². The molecule has 7 heteroatoms. The highest BCUT2D eigenvalue weighted by Gasteiger charge is 2.36. The third kappa shape index (κ3) is 3.07. The minimum Gasteiger partial charge on any atom is -0.493 e. The van der Waals surface area contributed by atoms with Gasteiger partial charge in [0.25, 0.3) is 0 Å². The van der Waals surface area contributed by atoms with E-state index in [-0.39, 0.29) is 12.0 Å². The van der Waals surface area contributed by atoms with Crippen LogP contribution in [-0.2, 0) is 16.0 Å². The maximum Gasteiger partial charge on any atom is 0.323 e. The zero-order valence-electron chi connectivity index (χ0n) is 16.9. The molecule has 0 aliphatic carbocycles. The summed E-state index contributed by atoms with van der Waals surface area (Å²) in [4.78, 5) is 15.9. The zero-order chi connectivity index (χ0) is 20.5. The molecule has 0 radical (unpaired) electrons. The zero-order valence-corrected chi connectivity index (χ0v) is 16.9. The molecule has 0 amide bonds. The van der Waals surface area contributed by atoms with E-state index in [9.17, 15) is 4.79 Å². The number of ether oxygens (including phenoxy) is 4. The lowest BCUT2D eigenvalue weighted by Crippen LogP contribution is -2.45. The molecule has 152 valence electrons. The van der Waals surface area contributed by atoms with Gasteiger partial charge in [-0.15, -0.1) is 0 Å². The monoisotopic (exact) mass is 396 g/mol. The summed E-state index contributed by atoms with van der Waals surface area (Å²) < 4.78 is 21.7. The molecule has 0 saturated heterocycles. The average Bonchev–Trinajstić information content (AvgIpc) is 3.15. The van der Waals surface area contributed by atoms with E-state index in [1.807, 2.05) is 30.3 Å². The van der Waals surface area contributed by atoms with E-state index in [2.05, 4.69) is 16.4 Å². The highest BCUT2D eigenvalue weighted by molar-refractivity contribution is 5.87. The number of rotatable bonds is 5. The van der Waals surface area contributed by atoms with Gasteiger partial charge in [-0.3, -0.25) is 10.1 Å². The predicted octanol–water partition coefficient (Wildman–Crippen LogP) is 2.97. The summed E-state index contributed by atoms with van der Waals surface area (Å²) in [6, 6.07) is 11.0. The number of aromatic amines is 1. The number of fused-ring (bicyclic) bond motifs is 3. The van der Waals surface area contributed by atoms with E-state index < -0.39 is 6.04 Å². The smallest absolute Gasteiger partial charge is 0.323 e. The van der Waals surface area contributed by atoms with Crippen LogP contribution < -0.4 is 19.5 Å². The minimum atomic E-state index is -0.477. The van der Waals surface area contributed by atoms with Crippen molar-refractivity contribution in [2.24, 2.45) is 0 Å². The van der Waals surface area contributed by atoms with Gasteiger partial charge in [0.05, 0.1) is 34.5 Å². The van der Waals surface area contributed by atoms with Gasteiger partial charge in [-0.2, -0.15) is 0 Å². The molecular weight excluding hydrogens is 372 g/mol. The summed E-state index contributed by atoms with van der Waals surface area (Å²) >= 11 is 0. The van der Waals surface area contributed by atoms with Crippen LogP contribution in [0.25, 0.3) is 10.9 Å². The first-order valence-corrected chi connectivity index (χ1v) is 9.35. The number of H-pyrrole nitrogens is 1. The number of aromatic nitrogens is 1. The molecule has 0 saturated carbocycles. The molecule has 2 heterocycles. The quantitative estimate of drug-likeness (QED) is 0.646. The Morgan fingerprint density at radius 1 is 0.966 bits per heavy atom. The molecule has 1 aromatic heterocycles. The van der Waals surface area contributed by atoms with Crippen LogP contribution in [0.2, 0.25) is 0 Å². The van der Waals surface area contributed by atoms with Crippen molar-refractivity contribution in [1.29, 1.82) is 0 Å². The number of esters is 1. The van der Waals surface area contributed by atoms with Crippen molar-refractivity contribution in [1.82, 2.24) is 10.3 Å². The van der Waals surface area contributed by atoms with Crippen LogP contribution in [-0.4, -0.2) is 45.4 Å². The van der Waals surface area contributed by atoms with Crippen molar-refractivity contribution in [3.05, 3.63) is 53.2 Å². The van der Waals surface area contributed by atoms with E-state index in [0.29, 0.717) is 23.7 Å². The van der Waals surface area contributed by atoms with Crippen molar-refractivity contribution in [3.8, 4) is 17.2 Å². The Hall–Kier alpha value is -3.19. The van der Waals surface area contributed by atoms with E-state index in [0.717, 1.165) is 27.7 Å². The molecule has 2 unspecified atom stereocenters. The molecule has 2 aromatic carbocycles. The Bertz CT molecular complexity index is 1060. The number of hydrogen-bond acceptors (Lipinski definition) is 6. The van der Waals surface area contributed by atoms with Crippen LogP contribution in [0.1, 0.15) is 22.9 Å². The lowest BCUT2D eigenvalue weighted by atomic mass is 9.89. The Morgan fingerprint density at radius 3 is 2.41 bits per heavy atom. The number of benzene rings is 2. The second kappa shape index (κ2) is 7.67. The van der Waals surface area contributed by atoms with Gasteiger partial charge in [-0.05, 0) is 23.8 Å². The van der Waals surface area contributed by atoms with Gasteiger partial charge < -0.3 is 23.9 Å². The Balaban J connectivity index is 1.93. The lowest BCUT2D eigenvalue weighted by Gasteiger charge is -2.31. The first kappa shape index (κ1) is 19.1. The molecule has 1 aliphatic heterocycles. The normalized spacial score (nSPS) is 18.2. The maximum atomic E-state index is 12.4. The molecule has 0 spiro atoms. The lowest BCUT2D eigenvalue weighted by molar-refractivity contribution is -0.143. The third-order valence-corrected chi connectivity index (χ3v) is 5.44. The fourth-order valence-corrected chi connectivity index (χ4v) is 4.13. The van der Waals surface area contributed by atoms with Gasteiger partial charge in [-0.25, -0.2) is 0 Å². The van der Waals surface area contributed by atoms with Crippen LogP contribution in [0.5, 0.6) is 17.2 Å². The first-order chi connectivity index (χ1) is 14.1. The van der Waals surface area contributed by atoms with E-state index in [1.165, 1.54) is 7.11 Å². The van der Waals surface area contributed by atoms with Crippen molar-refractivity contribution in [2.75, 3.05) is 28.4 Å². The fraction of sp³-hybridized carbons (Fsp3) is 0.318. The Kier molecular flexibility index (Phi) is 5.07. The highest BCUT2D eigenvalue weighted by atomic mass is 16.5. The SMILES string of the molecule is COC(=O)C1Cc2c([nH]c3ccccc23)C(c2ccc(OC)c(OC)c2OC)N1. The van der Waals surface area contributed by atoms with Crippen LogP contribution in [0.15, 0.2) is 36.4 Å². The Labute approximate surface area is 168 Å². The standard InChI is InChI=1S/C22H24N2O5/c1-26-17-10-9-13(20(27-2)21(17)28-3)18-19-14(11-16(24-18)22(25)29-4)12-7-5-6-8-15(12)23-19/h5-10,16,18,23-24H,11H2,1-4H3. The molecule has 3 aromatic rings. The van der Waals surface area contributed by atoms with Crippen molar-refractivity contribution >= 4 is 16.9 Å². The van der Waals surface area contributed by atoms with Gasteiger partial charge in [0.1, 0.15) is 6.04 Å². The third-order valence-electron chi connectivity index (χ3n) is 5.44. The van der Waals surface area contributed by atoms with Gasteiger partial charge in [-0.1, -0.05) is 18.2 Å².